The Hall–Kier alpha value is -2.94. The highest BCUT2D eigenvalue weighted by Gasteiger charge is 2.31. The van der Waals surface area contributed by atoms with Gasteiger partial charge in [0.2, 0.25) is 22.7 Å². The van der Waals surface area contributed by atoms with Crippen LogP contribution in [-0.4, -0.2) is 40.5 Å². The third-order valence-corrected chi connectivity index (χ3v) is 5.79. The zero-order valence-corrected chi connectivity index (χ0v) is 17.6. The minimum absolute atomic E-state index is 0.170. The van der Waals surface area contributed by atoms with Crippen LogP contribution in [0.2, 0.25) is 0 Å². The molecule has 0 unspecified atom stereocenters. The Kier molecular flexibility index (Phi) is 5.88. The monoisotopic (exact) mass is 420 g/mol. The molecular formula is C20H24N2O6S. The molecule has 0 aliphatic carbocycles. The molecule has 0 spiro atoms. The first kappa shape index (κ1) is 20.8. The number of aryl methyl sites for hydroxylation is 1. The van der Waals surface area contributed by atoms with Crippen LogP contribution in [0.3, 0.4) is 0 Å². The van der Waals surface area contributed by atoms with Crippen LogP contribution >= 0.6 is 0 Å². The van der Waals surface area contributed by atoms with E-state index in [0.29, 0.717) is 22.9 Å². The Morgan fingerprint density at radius 3 is 2.62 bits per heavy atom. The second kappa shape index (κ2) is 8.20. The smallest absolute Gasteiger partial charge is 0.243 e. The van der Waals surface area contributed by atoms with Crippen molar-refractivity contribution in [3.8, 4) is 17.2 Å². The van der Waals surface area contributed by atoms with Gasteiger partial charge >= 0.3 is 0 Å². The summed E-state index contributed by atoms with van der Waals surface area (Å²) in [6, 6.07) is 9.57. The van der Waals surface area contributed by atoms with Crippen LogP contribution in [0.1, 0.15) is 18.1 Å². The van der Waals surface area contributed by atoms with E-state index in [2.05, 4.69) is 5.32 Å². The minimum Gasteiger partial charge on any atom is -0.495 e. The third-order valence-electron chi connectivity index (χ3n) is 4.56. The number of rotatable bonds is 7. The summed E-state index contributed by atoms with van der Waals surface area (Å²) in [6.45, 7) is 3.78. The highest BCUT2D eigenvalue weighted by Crippen LogP contribution is 2.33. The van der Waals surface area contributed by atoms with Gasteiger partial charge in [0.25, 0.3) is 0 Å². The Morgan fingerprint density at radius 2 is 1.93 bits per heavy atom. The van der Waals surface area contributed by atoms with Gasteiger partial charge in [0.05, 0.1) is 19.1 Å². The fourth-order valence-corrected chi connectivity index (χ4v) is 4.31. The van der Waals surface area contributed by atoms with Crippen LogP contribution in [0.25, 0.3) is 0 Å². The molecule has 0 saturated carbocycles. The first-order valence-corrected chi connectivity index (χ1v) is 10.9. The maximum atomic E-state index is 12.8. The molecule has 8 nitrogen and oxygen atoms in total. The molecule has 1 amide bonds. The summed E-state index contributed by atoms with van der Waals surface area (Å²) < 4.78 is 42.0. The van der Waals surface area contributed by atoms with Crippen molar-refractivity contribution < 1.29 is 27.4 Å². The molecule has 1 heterocycles. The summed E-state index contributed by atoms with van der Waals surface area (Å²) in [5.41, 5.74) is 1.98. The summed E-state index contributed by atoms with van der Waals surface area (Å²) in [5.74, 6) is 1.21. The molecule has 1 aliphatic heterocycles. The third kappa shape index (κ3) is 4.56. The van der Waals surface area contributed by atoms with Gasteiger partial charge in [-0.3, -0.25) is 9.10 Å². The van der Waals surface area contributed by atoms with E-state index in [1.54, 1.807) is 24.3 Å². The van der Waals surface area contributed by atoms with Crippen LogP contribution in [0.5, 0.6) is 17.2 Å². The molecule has 29 heavy (non-hydrogen) atoms. The number of anilines is 1. The number of hydrogen-bond acceptors (Lipinski definition) is 6. The number of hydrogen-bond donors (Lipinski definition) is 1. The lowest BCUT2D eigenvalue weighted by Crippen LogP contribution is -2.47. The largest absolute Gasteiger partial charge is 0.495 e. The SMILES string of the molecule is COc1ccc(C)cc1N([C@@H](C)C(=O)NCc1ccc2c(c1)OCO2)S(C)(=O)=O. The Labute approximate surface area is 170 Å². The fraction of sp³-hybridized carbons (Fsp3) is 0.350. The Bertz CT molecular complexity index is 1020. The molecule has 0 fully saturated rings. The summed E-state index contributed by atoms with van der Waals surface area (Å²) in [6.07, 6.45) is 1.07. The number of nitrogens with one attached hydrogen (secondary N) is 1. The molecule has 0 aromatic heterocycles. The van der Waals surface area contributed by atoms with Crippen molar-refractivity contribution in [2.24, 2.45) is 0 Å². The van der Waals surface area contributed by atoms with E-state index in [1.165, 1.54) is 14.0 Å². The number of methoxy groups -OCH3 is 1. The zero-order chi connectivity index (χ0) is 21.2. The second-order valence-electron chi connectivity index (χ2n) is 6.82. The van der Waals surface area contributed by atoms with Crippen molar-refractivity contribution in [1.29, 1.82) is 0 Å². The maximum Gasteiger partial charge on any atom is 0.243 e. The first-order valence-electron chi connectivity index (χ1n) is 9.01. The van der Waals surface area contributed by atoms with Crippen molar-refractivity contribution in [2.75, 3.05) is 24.5 Å². The minimum atomic E-state index is -3.75. The molecule has 0 bridgehead atoms. The molecule has 1 atom stereocenters. The highest BCUT2D eigenvalue weighted by atomic mass is 32.2. The van der Waals surface area contributed by atoms with E-state index in [9.17, 15) is 13.2 Å². The Balaban J connectivity index is 1.80. The molecule has 0 saturated heterocycles. The van der Waals surface area contributed by atoms with Crippen molar-refractivity contribution in [1.82, 2.24) is 5.32 Å². The maximum absolute atomic E-state index is 12.8. The molecule has 2 aromatic carbocycles. The lowest BCUT2D eigenvalue weighted by molar-refractivity contribution is -0.122. The number of ether oxygens (including phenoxy) is 3. The molecule has 1 aliphatic rings. The van der Waals surface area contributed by atoms with Gasteiger partial charge in [0.15, 0.2) is 11.5 Å². The van der Waals surface area contributed by atoms with Gasteiger partial charge in [-0.1, -0.05) is 12.1 Å². The van der Waals surface area contributed by atoms with Crippen molar-refractivity contribution in [2.45, 2.75) is 26.4 Å². The van der Waals surface area contributed by atoms with Crippen molar-refractivity contribution >= 4 is 21.6 Å². The standard InChI is InChI=1S/C20H24N2O6S/c1-13-5-7-17(26-3)16(9-13)22(29(4,24)25)14(2)20(23)21-11-15-6-8-18-19(10-15)28-12-27-18/h5-10,14H,11-12H2,1-4H3,(H,21,23)/t14-/m0/s1. The molecule has 3 rings (SSSR count). The fourth-order valence-electron chi connectivity index (χ4n) is 3.14. The van der Waals surface area contributed by atoms with Crippen LogP contribution in [0.15, 0.2) is 36.4 Å². The summed E-state index contributed by atoms with van der Waals surface area (Å²) in [4.78, 5) is 12.8. The van der Waals surface area contributed by atoms with Crippen molar-refractivity contribution in [3.05, 3.63) is 47.5 Å². The summed E-state index contributed by atoms with van der Waals surface area (Å²) in [5, 5.41) is 2.78. The number of benzene rings is 2. The lowest BCUT2D eigenvalue weighted by Gasteiger charge is -2.29. The highest BCUT2D eigenvalue weighted by molar-refractivity contribution is 7.92. The van der Waals surface area contributed by atoms with E-state index in [0.717, 1.165) is 21.7 Å². The number of carbonyl (C=O) groups is 1. The summed E-state index contributed by atoms with van der Waals surface area (Å²) >= 11 is 0. The summed E-state index contributed by atoms with van der Waals surface area (Å²) in [7, 11) is -2.29. The van der Waals surface area contributed by atoms with Crippen LogP contribution in [0.4, 0.5) is 5.69 Å². The molecule has 2 aromatic rings. The van der Waals surface area contributed by atoms with Gasteiger partial charge in [0, 0.05) is 6.54 Å². The molecule has 0 radical (unpaired) electrons. The van der Waals surface area contributed by atoms with Gasteiger partial charge in [-0.05, 0) is 49.2 Å². The van der Waals surface area contributed by atoms with Gasteiger partial charge in [-0.25, -0.2) is 8.42 Å². The van der Waals surface area contributed by atoms with E-state index in [-0.39, 0.29) is 13.3 Å². The molecule has 156 valence electrons. The normalized spacial score (nSPS) is 13.7. The van der Waals surface area contributed by atoms with Crippen molar-refractivity contribution in [3.63, 3.8) is 0 Å². The van der Waals surface area contributed by atoms with Crippen LogP contribution in [0, 0.1) is 6.92 Å². The van der Waals surface area contributed by atoms with Gasteiger partial charge in [-0.15, -0.1) is 0 Å². The topological polar surface area (TPSA) is 94.2 Å². The van der Waals surface area contributed by atoms with Crippen LogP contribution in [-0.2, 0) is 21.4 Å². The number of nitrogens with zero attached hydrogens (tertiary/aromatic N) is 1. The number of amides is 1. The lowest BCUT2D eigenvalue weighted by atomic mass is 10.1. The molecule has 9 heteroatoms. The first-order chi connectivity index (χ1) is 13.7. The predicted octanol–water partition coefficient (Wildman–Crippen LogP) is 2.20. The van der Waals surface area contributed by atoms with E-state index >= 15 is 0 Å². The Morgan fingerprint density at radius 1 is 1.21 bits per heavy atom. The molecule has 1 N–H and O–H groups in total. The van der Waals surface area contributed by atoms with Gasteiger partial charge in [-0.2, -0.15) is 0 Å². The number of fused-ring (bicyclic) bond motifs is 1. The van der Waals surface area contributed by atoms with E-state index in [1.807, 2.05) is 19.1 Å². The van der Waals surface area contributed by atoms with E-state index in [4.69, 9.17) is 14.2 Å². The zero-order valence-electron chi connectivity index (χ0n) is 16.8. The van der Waals surface area contributed by atoms with Gasteiger partial charge < -0.3 is 19.5 Å². The van der Waals surface area contributed by atoms with E-state index < -0.39 is 22.0 Å². The number of carbonyl (C=O) groups excluding carboxylic acids is 1. The van der Waals surface area contributed by atoms with Crippen LogP contribution < -0.4 is 23.8 Å². The quantitative estimate of drug-likeness (QED) is 0.738. The average Bonchev–Trinajstić information content (AvgIpc) is 3.13. The second-order valence-corrected chi connectivity index (χ2v) is 8.67. The number of sulfonamides is 1. The molecular weight excluding hydrogens is 396 g/mol. The average molecular weight is 420 g/mol. The van der Waals surface area contributed by atoms with Gasteiger partial charge in [0.1, 0.15) is 11.8 Å². The predicted molar refractivity (Wildman–Crippen MR) is 109 cm³/mol.